The number of nitro benzene ring substituents is 1. The first-order valence-electron chi connectivity index (χ1n) is 6.37. The van der Waals surface area contributed by atoms with E-state index in [9.17, 15) is 23.6 Å². The van der Waals surface area contributed by atoms with E-state index in [0.717, 1.165) is 10.4 Å². The number of aliphatic hydroxyl groups excluding tert-OH is 1. The summed E-state index contributed by atoms with van der Waals surface area (Å²) in [4.78, 5) is 10.1. The van der Waals surface area contributed by atoms with Crippen LogP contribution in [0.5, 0.6) is 0 Å². The van der Waals surface area contributed by atoms with E-state index >= 15 is 0 Å². The number of hydrogen-bond donors (Lipinski definition) is 2. The van der Waals surface area contributed by atoms with Crippen molar-refractivity contribution in [3.63, 3.8) is 0 Å². The zero-order valence-corrected chi connectivity index (χ0v) is 12.5. The molecule has 2 atom stereocenters. The minimum atomic E-state index is -3.91. The van der Waals surface area contributed by atoms with Crippen LogP contribution in [-0.2, 0) is 10.0 Å². The SMILES string of the molecule is Cc1ccc([N+](=O)[O-])cc1S(=O)(=O)N(C)[C@H]1CNC[C@@H]1O. The summed E-state index contributed by atoms with van der Waals surface area (Å²) in [5, 5.41) is 23.5. The molecular weight excluding hydrogens is 298 g/mol. The van der Waals surface area contributed by atoms with Gasteiger partial charge in [0.1, 0.15) is 0 Å². The highest BCUT2D eigenvalue weighted by Crippen LogP contribution is 2.26. The van der Waals surface area contributed by atoms with Gasteiger partial charge < -0.3 is 10.4 Å². The second kappa shape index (κ2) is 5.68. The predicted molar refractivity (Wildman–Crippen MR) is 75.4 cm³/mol. The van der Waals surface area contributed by atoms with Gasteiger partial charge in [-0.15, -0.1) is 0 Å². The number of rotatable bonds is 4. The van der Waals surface area contributed by atoms with Crippen molar-refractivity contribution in [2.24, 2.45) is 0 Å². The van der Waals surface area contributed by atoms with Crippen molar-refractivity contribution in [2.75, 3.05) is 20.1 Å². The fourth-order valence-electron chi connectivity index (χ4n) is 2.34. The summed E-state index contributed by atoms with van der Waals surface area (Å²) in [5.74, 6) is 0. The van der Waals surface area contributed by atoms with Crippen LogP contribution in [0.4, 0.5) is 5.69 Å². The van der Waals surface area contributed by atoms with Crippen LogP contribution in [-0.4, -0.2) is 55.0 Å². The highest BCUT2D eigenvalue weighted by molar-refractivity contribution is 7.89. The molecule has 2 N–H and O–H groups in total. The van der Waals surface area contributed by atoms with E-state index in [1.54, 1.807) is 6.92 Å². The third kappa shape index (κ3) is 2.91. The highest BCUT2D eigenvalue weighted by Gasteiger charge is 2.36. The van der Waals surface area contributed by atoms with Gasteiger partial charge in [-0.2, -0.15) is 4.31 Å². The molecule has 0 radical (unpaired) electrons. The first-order valence-corrected chi connectivity index (χ1v) is 7.81. The molecule has 1 aromatic carbocycles. The number of nitrogens with one attached hydrogen (secondary N) is 1. The summed E-state index contributed by atoms with van der Waals surface area (Å²) in [5.41, 5.74) is 0.144. The fraction of sp³-hybridized carbons (Fsp3) is 0.500. The third-order valence-corrected chi connectivity index (χ3v) is 5.68. The van der Waals surface area contributed by atoms with E-state index in [0.29, 0.717) is 18.7 Å². The molecule has 1 saturated heterocycles. The lowest BCUT2D eigenvalue weighted by molar-refractivity contribution is -0.385. The Balaban J connectivity index is 2.43. The summed E-state index contributed by atoms with van der Waals surface area (Å²) in [6.45, 7) is 2.23. The largest absolute Gasteiger partial charge is 0.390 e. The lowest BCUT2D eigenvalue weighted by Gasteiger charge is -2.26. The Morgan fingerprint density at radius 2 is 2.10 bits per heavy atom. The maximum atomic E-state index is 12.6. The minimum absolute atomic E-state index is 0.113. The monoisotopic (exact) mass is 315 g/mol. The number of benzene rings is 1. The fourth-order valence-corrected chi connectivity index (χ4v) is 3.96. The number of hydrogen-bond acceptors (Lipinski definition) is 6. The molecule has 1 fully saturated rings. The van der Waals surface area contributed by atoms with Crippen LogP contribution >= 0.6 is 0 Å². The van der Waals surface area contributed by atoms with Gasteiger partial charge in [-0.1, -0.05) is 6.07 Å². The number of aliphatic hydroxyl groups is 1. The third-order valence-electron chi connectivity index (χ3n) is 3.66. The van der Waals surface area contributed by atoms with Gasteiger partial charge in [0.05, 0.1) is 22.0 Å². The van der Waals surface area contributed by atoms with Gasteiger partial charge in [-0.25, -0.2) is 8.42 Å². The van der Waals surface area contributed by atoms with Crippen LogP contribution < -0.4 is 5.32 Å². The van der Waals surface area contributed by atoms with Gasteiger partial charge in [0, 0.05) is 32.3 Å². The van der Waals surface area contributed by atoms with Crippen LogP contribution in [0.1, 0.15) is 5.56 Å². The second-order valence-corrected chi connectivity index (χ2v) is 6.99. The zero-order chi connectivity index (χ0) is 15.8. The maximum absolute atomic E-state index is 12.6. The summed E-state index contributed by atoms with van der Waals surface area (Å²) >= 11 is 0. The molecule has 0 aromatic heterocycles. The van der Waals surface area contributed by atoms with Gasteiger partial charge in [0.15, 0.2) is 0 Å². The number of sulfonamides is 1. The molecule has 0 bridgehead atoms. The Bertz CT molecular complexity index is 661. The molecule has 8 nitrogen and oxygen atoms in total. The highest BCUT2D eigenvalue weighted by atomic mass is 32.2. The van der Waals surface area contributed by atoms with Crippen LogP contribution in [0, 0.1) is 17.0 Å². The van der Waals surface area contributed by atoms with Crippen molar-refractivity contribution in [2.45, 2.75) is 24.0 Å². The molecule has 1 heterocycles. The smallest absolute Gasteiger partial charge is 0.270 e. The number of nitro groups is 1. The van der Waals surface area contributed by atoms with E-state index in [2.05, 4.69) is 5.32 Å². The zero-order valence-electron chi connectivity index (χ0n) is 11.7. The Labute approximate surface area is 122 Å². The Kier molecular flexibility index (Phi) is 4.28. The van der Waals surface area contributed by atoms with E-state index in [1.807, 2.05) is 0 Å². The average molecular weight is 315 g/mol. The maximum Gasteiger partial charge on any atom is 0.270 e. The van der Waals surface area contributed by atoms with Gasteiger partial charge in [-0.3, -0.25) is 10.1 Å². The number of aryl methyl sites for hydroxylation is 1. The molecule has 116 valence electrons. The quantitative estimate of drug-likeness (QED) is 0.590. The Morgan fingerprint density at radius 1 is 1.43 bits per heavy atom. The summed E-state index contributed by atoms with van der Waals surface area (Å²) in [6, 6.07) is 3.13. The molecule has 0 saturated carbocycles. The van der Waals surface area contributed by atoms with Gasteiger partial charge in [-0.05, 0) is 12.5 Å². The molecule has 9 heteroatoms. The molecule has 0 spiro atoms. The lowest BCUT2D eigenvalue weighted by Crippen LogP contribution is -2.44. The van der Waals surface area contributed by atoms with Crippen molar-refractivity contribution in [1.29, 1.82) is 0 Å². The van der Waals surface area contributed by atoms with Crippen molar-refractivity contribution < 1.29 is 18.4 Å². The second-order valence-electron chi connectivity index (χ2n) is 5.02. The lowest BCUT2D eigenvalue weighted by atomic mass is 10.2. The summed E-state index contributed by atoms with van der Waals surface area (Å²) < 4.78 is 26.3. The van der Waals surface area contributed by atoms with Crippen LogP contribution in [0.15, 0.2) is 23.1 Å². The van der Waals surface area contributed by atoms with E-state index in [-0.39, 0.29) is 10.6 Å². The van der Waals surface area contributed by atoms with Crippen LogP contribution in [0.2, 0.25) is 0 Å². The molecule has 1 aromatic rings. The summed E-state index contributed by atoms with van der Waals surface area (Å²) in [6.07, 6.45) is -0.802. The number of β-amino-alcohol motifs (C(OH)–C–C–N with tert-alkyl or cyclic N) is 1. The van der Waals surface area contributed by atoms with E-state index in [4.69, 9.17) is 0 Å². The predicted octanol–water partition coefficient (Wildman–Crippen LogP) is -0.144. The molecule has 0 amide bonds. The van der Waals surface area contributed by atoms with Crippen LogP contribution in [0.25, 0.3) is 0 Å². The molecule has 21 heavy (non-hydrogen) atoms. The molecule has 1 aliphatic rings. The minimum Gasteiger partial charge on any atom is -0.390 e. The first kappa shape index (κ1) is 15.8. The summed E-state index contributed by atoms with van der Waals surface area (Å²) in [7, 11) is -2.54. The van der Waals surface area contributed by atoms with Crippen molar-refractivity contribution in [3.8, 4) is 0 Å². The van der Waals surface area contributed by atoms with E-state index in [1.165, 1.54) is 19.2 Å². The number of nitrogens with zero attached hydrogens (tertiary/aromatic N) is 2. The van der Waals surface area contributed by atoms with Crippen molar-refractivity contribution >= 4 is 15.7 Å². The topological polar surface area (TPSA) is 113 Å². The molecule has 2 rings (SSSR count). The Hall–Kier alpha value is -1.55. The number of likely N-dealkylation sites (N-methyl/N-ethyl adjacent to an activating group) is 1. The molecular formula is C12H17N3O5S. The van der Waals surface area contributed by atoms with Crippen LogP contribution in [0.3, 0.4) is 0 Å². The van der Waals surface area contributed by atoms with E-state index < -0.39 is 27.1 Å². The normalized spacial score (nSPS) is 22.7. The molecule has 1 aliphatic heterocycles. The van der Waals surface area contributed by atoms with Gasteiger partial charge in [0.25, 0.3) is 5.69 Å². The Morgan fingerprint density at radius 3 is 2.62 bits per heavy atom. The molecule has 0 aliphatic carbocycles. The standard InChI is InChI=1S/C12H17N3O5S/c1-8-3-4-9(15(17)18)5-12(8)21(19,20)14(2)10-6-13-7-11(10)16/h3-5,10-11,13,16H,6-7H2,1-2H3/t10-,11-/m0/s1. The number of non-ortho nitro benzene ring substituents is 1. The van der Waals surface area contributed by atoms with Gasteiger partial charge in [0.2, 0.25) is 10.0 Å². The van der Waals surface area contributed by atoms with Crippen molar-refractivity contribution in [1.82, 2.24) is 9.62 Å². The van der Waals surface area contributed by atoms with Gasteiger partial charge >= 0.3 is 0 Å². The average Bonchev–Trinajstić information content (AvgIpc) is 2.83. The first-order chi connectivity index (χ1) is 9.75. The molecule has 0 unspecified atom stereocenters. The van der Waals surface area contributed by atoms with Crippen molar-refractivity contribution in [3.05, 3.63) is 33.9 Å².